The van der Waals surface area contributed by atoms with Gasteiger partial charge in [-0.05, 0) is 37.6 Å². The van der Waals surface area contributed by atoms with Crippen molar-refractivity contribution in [3.05, 3.63) is 54.6 Å². The maximum atomic E-state index is 12.9. The summed E-state index contributed by atoms with van der Waals surface area (Å²) in [6.07, 6.45) is 1.21. The van der Waals surface area contributed by atoms with Crippen molar-refractivity contribution in [1.82, 2.24) is 24.6 Å². The molecule has 0 saturated carbocycles. The molecule has 2 amide bonds. The van der Waals surface area contributed by atoms with Gasteiger partial charge in [-0.2, -0.15) is 0 Å². The molecule has 196 valence electrons. The summed E-state index contributed by atoms with van der Waals surface area (Å²) in [6, 6.07) is 17.9. The first-order chi connectivity index (χ1) is 17.9. The Morgan fingerprint density at radius 3 is 2.57 bits per heavy atom. The van der Waals surface area contributed by atoms with Crippen molar-refractivity contribution >= 4 is 23.6 Å². The lowest BCUT2D eigenvalue weighted by atomic mass is 10.1. The van der Waals surface area contributed by atoms with Gasteiger partial charge in [0.1, 0.15) is 5.75 Å². The maximum Gasteiger partial charge on any atom is 0.225 e. The summed E-state index contributed by atoms with van der Waals surface area (Å²) in [5.41, 5.74) is 1.90. The van der Waals surface area contributed by atoms with Gasteiger partial charge in [-0.3, -0.25) is 14.2 Å². The molecule has 9 heteroatoms. The molecule has 1 saturated heterocycles. The number of hydrogen-bond donors (Lipinski definition) is 0. The smallest absolute Gasteiger partial charge is 0.225 e. The van der Waals surface area contributed by atoms with E-state index in [0.29, 0.717) is 26.1 Å². The Labute approximate surface area is 223 Å². The molecule has 8 nitrogen and oxygen atoms in total. The molecule has 37 heavy (non-hydrogen) atoms. The predicted molar refractivity (Wildman–Crippen MR) is 146 cm³/mol. The van der Waals surface area contributed by atoms with Crippen LogP contribution in [0, 0.1) is 5.92 Å². The topological polar surface area (TPSA) is 80.6 Å². The summed E-state index contributed by atoms with van der Waals surface area (Å²) in [4.78, 5) is 29.1. The molecule has 2 aromatic carbocycles. The molecule has 0 bridgehead atoms. The molecule has 4 rings (SSSR count). The Morgan fingerprint density at radius 1 is 1.08 bits per heavy atom. The Balaban J connectivity index is 1.38. The molecular formula is C28H35N5O3S. The highest BCUT2D eigenvalue weighted by Gasteiger charge is 2.30. The Kier molecular flexibility index (Phi) is 8.87. The van der Waals surface area contributed by atoms with Crippen molar-refractivity contribution in [3.63, 3.8) is 0 Å². The van der Waals surface area contributed by atoms with Crippen molar-refractivity contribution in [3.8, 4) is 22.8 Å². The van der Waals surface area contributed by atoms with Gasteiger partial charge in [0, 0.05) is 55.0 Å². The Hall–Kier alpha value is -3.33. The number of aromatic nitrogens is 3. The van der Waals surface area contributed by atoms with Crippen molar-refractivity contribution in [1.29, 1.82) is 0 Å². The van der Waals surface area contributed by atoms with E-state index >= 15 is 0 Å². The zero-order chi connectivity index (χ0) is 26.4. The number of carbonyl (C=O) groups is 2. The van der Waals surface area contributed by atoms with Crippen molar-refractivity contribution in [2.24, 2.45) is 5.92 Å². The van der Waals surface area contributed by atoms with Gasteiger partial charge in [-0.25, -0.2) is 0 Å². The Morgan fingerprint density at radius 2 is 1.86 bits per heavy atom. The second kappa shape index (κ2) is 12.3. The number of rotatable bonds is 9. The molecule has 2 heterocycles. The van der Waals surface area contributed by atoms with Gasteiger partial charge in [0.05, 0.1) is 7.11 Å². The van der Waals surface area contributed by atoms with Crippen molar-refractivity contribution in [2.75, 3.05) is 32.5 Å². The SMILES string of the molecule is COc1cccc(-c2nnc(SCCCC(=O)N3CCN(C(=O)C(C)C)C(C)C3)n2-c2ccccc2)c1. The predicted octanol–water partition coefficient (Wildman–Crippen LogP) is 4.53. The first-order valence-electron chi connectivity index (χ1n) is 12.8. The minimum Gasteiger partial charge on any atom is -0.497 e. The summed E-state index contributed by atoms with van der Waals surface area (Å²) in [5.74, 6) is 2.53. The molecule has 1 aliphatic heterocycles. The third-order valence-electron chi connectivity index (χ3n) is 6.50. The van der Waals surface area contributed by atoms with Crippen LogP contribution < -0.4 is 4.74 Å². The van der Waals surface area contributed by atoms with Crippen LogP contribution in [0.5, 0.6) is 5.75 Å². The number of hydrogen-bond acceptors (Lipinski definition) is 6. The molecule has 0 aliphatic carbocycles. The molecular weight excluding hydrogens is 486 g/mol. The number of para-hydroxylation sites is 1. The standard InChI is InChI=1S/C28H35N5O3S/c1-20(2)27(35)32-16-15-31(19-21(32)3)25(34)14-9-17-37-28-30-29-26(22-10-8-13-24(18-22)36-4)33(28)23-11-6-5-7-12-23/h5-8,10-13,18,20-21H,9,14-17,19H2,1-4H3. The summed E-state index contributed by atoms with van der Waals surface area (Å²) in [6.45, 7) is 7.65. The van der Waals surface area contributed by atoms with Crippen LogP contribution in [0.15, 0.2) is 59.8 Å². The summed E-state index contributed by atoms with van der Waals surface area (Å²) in [5, 5.41) is 9.76. The van der Waals surface area contributed by atoms with Gasteiger partial charge in [0.15, 0.2) is 11.0 Å². The van der Waals surface area contributed by atoms with Crippen LogP contribution in [0.4, 0.5) is 0 Å². The zero-order valence-electron chi connectivity index (χ0n) is 22.0. The highest BCUT2D eigenvalue weighted by molar-refractivity contribution is 7.99. The molecule has 0 N–H and O–H groups in total. The number of ether oxygens (including phenoxy) is 1. The molecule has 0 radical (unpaired) electrons. The van der Waals surface area contributed by atoms with Gasteiger partial charge in [-0.15, -0.1) is 10.2 Å². The highest BCUT2D eigenvalue weighted by atomic mass is 32.2. The van der Waals surface area contributed by atoms with Crippen LogP contribution in [0.3, 0.4) is 0 Å². The Bertz CT molecular complexity index is 1210. The second-order valence-electron chi connectivity index (χ2n) is 9.54. The molecule has 0 spiro atoms. The van der Waals surface area contributed by atoms with E-state index in [0.717, 1.165) is 40.2 Å². The number of methoxy groups -OCH3 is 1. The van der Waals surface area contributed by atoms with E-state index < -0.39 is 0 Å². The molecule has 1 fully saturated rings. The quantitative estimate of drug-likeness (QED) is 0.304. The third-order valence-corrected chi connectivity index (χ3v) is 7.51. The molecule has 3 aromatic rings. The minimum atomic E-state index is -0.0240. The van der Waals surface area contributed by atoms with Crippen LogP contribution in [0.1, 0.15) is 33.6 Å². The normalized spacial score (nSPS) is 15.8. The lowest BCUT2D eigenvalue weighted by Gasteiger charge is -2.40. The van der Waals surface area contributed by atoms with E-state index in [9.17, 15) is 9.59 Å². The number of carbonyl (C=O) groups excluding carboxylic acids is 2. The fraction of sp³-hybridized carbons (Fsp3) is 0.429. The van der Waals surface area contributed by atoms with Crippen LogP contribution >= 0.6 is 11.8 Å². The summed E-state index contributed by atoms with van der Waals surface area (Å²) < 4.78 is 7.45. The largest absolute Gasteiger partial charge is 0.497 e. The van der Waals surface area contributed by atoms with E-state index in [1.165, 1.54) is 0 Å². The van der Waals surface area contributed by atoms with Crippen LogP contribution in [0.25, 0.3) is 17.1 Å². The molecule has 1 aliphatic rings. The van der Waals surface area contributed by atoms with E-state index in [4.69, 9.17) is 4.74 Å². The van der Waals surface area contributed by atoms with Crippen molar-refractivity contribution < 1.29 is 14.3 Å². The fourth-order valence-electron chi connectivity index (χ4n) is 4.51. The number of piperazine rings is 1. The van der Waals surface area contributed by atoms with Gasteiger partial charge >= 0.3 is 0 Å². The van der Waals surface area contributed by atoms with Gasteiger partial charge in [0.25, 0.3) is 0 Å². The molecule has 1 unspecified atom stereocenters. The zero-order valence-corrected chi connectivity index (χ0v) is 22.8. The maximum absolute atomic E-state index is 12.9. The summed E-state index contributed by atoms with van der Waals surface area (Å²) >= 11 is 1.60. The second-order valence-corrected chi connectivity index (χ2v) is 10.6. The van der Waals surface area contributed by atoms with E-state index in [1.54, 1.807) is 18.9 Å². The number of amides is 2. The average molecular weight is 522 g/mol. The lowest BCUT2D eigenvalue weighted by Crippen LogP contribution is -2.56. The number of benzene rings is 2. The van der Waals surface area contributed by atoms with E-state index in [-0.39, 0.29) is 23.8 Å². The minimum absolute atomic E-state index is 0.0240. The first-order valence-corrected chi connectivity index (χ1v) is 13.7. The monoisotopic (exact) mass is 521 g/mol. The number of thioether (sulfide) groups is 1. The third kappa shape index (κ3) is 6.33. The van der Waals surface area contributed by atoms with Crippen molar-refractivity contribution in [2.45, 2.75) is 44.8 Å². The van der Waals surface area contributed by atoms with Crippen LogP contribution in [-0.2, 0) is 9.59 Å². The van der Waals surface area contributed by atoms with E-state index in [1.807, 2.05) is 89.7 Å². The highest BCUT2D eigenvalue weighted by Crippen LogP contribution is 2.30. The van der Waals surface area contributed by atoms with Gasteiger partial charge < -0.3 is 14.5 Å². The molecule has 1 aromatic heterocycles. The fourth-order valence-corrected chi connectivity index (χ4v) is 5.40. The van der Waals surface area contributed by atoms with Gasteiger partial charge in [0.2, 0.25) is 11.8 Å². The number of nitrogens with zero attached hydrogens (tertiary/aromatic N) is 5. The van der Waals surface area contributed by atoms with Gasteiger partial charge in [-0.1, -0.05) is 55.9 Å². The lowest BCUT2D eigenvalue weighted by molar-refractivity contribution is -0.144. The first kappa shape index (κ1) is 26.7. The van der Waals surface area contributed by atoms with E-state index in [2.05, 4.69) is 10.2 Å². The molecule has 1 atom stereocenters. The van der Waals surface area contributed by atoms with Crippen LogP contribution in [-0.4, -0.2) is 74.9 Å². The van der Waals surface area contributed by atoms with Crippen LogP contribution in [0.2, 0.25) is 0 Å². The summed E-state index contributed by atoms with van der Waals surface area (Å²) in [7, 11) is 1.65. The average Bonchev–Trinajstić information content (AvgIpc) is 3.35.